The zero-order valence-electron chi connectivity index (χ0n) is 14.2. The average Bonchev–Trinajstić information content (AvgIpc) is 3.02. The summed E-state index contributed by atoms with van der Waals surface area (Å²) in [5.74, 6) is -0.549. The molecule has 3 rings (SSSR count). The van der Waals surface area contributed by atoms with E-state index in [4.69, 9.17) is 0 Å². The fraction of sp³-hybridized carbons (Fsp3) is 0.368. The Morgan fingerprint density at radius 2 is 1.92 bits per heavy atom. The number of amides is 1. The van der Waals surface area contributed by atoms with Crippen LogP contribution in [0.1, 0.15) is 22.8 Å². The fourth-order valence-electron chi connectivity index (χ4n) is 3.26. The lowest BCUT2D eigenvalue weighted by Crippen LogP contribution is -2.43. The largest absolute Gasteiger partial charge is 0.390 e. The maximum atomic E-state index is 13.0. The van der Waals surface area contributed by atoms with E-state index in [2.05, 4.69) is 9.88 Å². The van der Waals surface area contributed by atoms with E-state index < -0.39 is 6.10 Å². The monoisotopic (exact) mass is 343 g/mol. The molecule has 2 aromatic rings. The topological polar surface area (TPSA) is 56.7 Å². The van der Waals surface area contributed by atoms with E-state index in [0.29, 0.717) is 18.7 Å². The Morgan fingerprint density at radius 3 is 2.56 bits per heavy atom. The first-order valence-corrected chi connectivity index (χ1v) is 8.44. The molecule has 0 saturated carbocycles. The van der Waals surface area contributed by atoms with Gasteiger partial charge < -0.3 is 10.0 Å². The van der Waals surface area contributed by atoms with Crippen molar-refractivity contribution in [2.75, 3.05) is 19.6 Å². The van der Waals surface area contributed by atoms with Crippen LogP contribution in [0.4, 0.5) is 4.39 Å². The molecule has 0 aliphatic carbocycles. The summed E-state index contributed by atoms with van der Waals surface area (Å²) >= 11 is 0. The van der Waals surface area contributed by atoms with Crippen LogP contribution in [0.5, 0.6) is 0 Å². The maximum Gasteiger partial charge on any atom is 0.254 e. The number of hydrogen-bond acceptors (Lipinski definition) is 4. The van der Waals surface area contributed by atoms with Crippen molar-refractivity contribution in [2.24, 2.45) is 0 Å². The van der Waals surface area contributed by atoms with Crippen LogP contribution in [0, 0.1) is 5.82 Å². The Bertz CT molecular complexity index is 708. The average molecular weight is 343 g/mol. The van der Waals surface area contributed by atoms with Crippen molar-refractivity contribution in [3.8, 4) is 0 Å². The SMILES string of the molecule is CCN(Cc1ccncc1)[C@@H]1CN(C(=O)c2ccc(F)cc2)C[C@H]1O. The smallest absolute Gasteiger partial charge is 0.254 e. The third kappa shape index (κ3) is 4.03. The molecule has 132 valence electrons. The predicted molar refractivity (Wildman–Crippen MR) is 92.4 cm³/mol. The van der Waals surface area contributed by atoms with Gasteiger partial charge in [-0.15, -0.1) is 0 Å². The number of carbonyl (C=O) groups is 1. The van der Waals surface area contributed by atoms with Gasteiger partial charge in [0.25, 0.3) is 5.91 Å². The van der Waals surface area contributed by atoms with Crippen LogP contribution in [0.25, 0.3) is 0 Å². The molecule has 2 atom stereocenters. The molecule has 5 nitrogen and oxygen atoms in total. The number of benzene rings is 1. The van der Waals surface area contributed by atoms with Crippen LogP contribution in [-0.4, -0.2) is 57.6 Å². The molecule has 1 aromatic carbocycles. The van der Waals surface area contributed by atoms with E-state index in [-0.39, 0.29) is 24.3 Å². The minimum absolute atomic E-state index is 0.123. The van der Waals surface area contributed by atoms with E-state index in [1.165, 1.54) is 24.3 Å². The first kappa shape index (κ1) is 17.5. The van der Waals surface area contributed by atoms with Gasteiger partial charge >= 0.3 is 0 Å². The number of rotatable bonds is 5. The van der Waals surface area contributed by atoms with Crippen LogP contribution in [0.2, 0.25) is 0 Å². The van der Waals surface area contributed by atoms with Gasteiger partial charge in [0.15, 0.2) is 0 Å². The van der Waals surface area contributed by atoms with Crippen molar-refractivity contribution < 1.29 is 14.3 Å². The molecule has 1 amide bonds. The third-order valence-corrected chi connectivity index (χ3v) is 4.65. The highest BCUT2D eigenvalue weighted by atomic mass is 19.1. The van der Waals surface area contributed by atoms with E-state index in [1.807, 2.05) is 19.1 Å². The molecule has 1 aliphatic heterocycles. The van der Waals surface area contributed by atoms with Gasteiger partial charge in [-0.2, -0.15) is 0 Å². The van der Waals surface area contributed by atoms with E-state index in [0.717, 1.165) is 12.1 Å². The van der Waals surface area contributed by atoms with Crippen molar-refractivity contribution in [1.82, 2.24) is 14.8 Å². The highest BCUT2D eigenvalue weighted by Gasteiger charge is 2.37. The number of halogens is 1. The number of hydrogen-bond donors (Lipinski definition) is 1. The van der Waals surface area contributed by atoms with Crippen LogP contribution in [0.3, 0.4) is 0 Å². The van der Waals surface area contributed by atoms with Crippen molar-refractivity contribution in [2.45, 2.75) is 25.6 Å². The first-order valence-electron chi connectivity index (χ1n) is 8.44. The van der Waals surface area contributed by atoms with Gasteiger partial charge in [0.2, 0.25) is 0 Å². The zero-order valence-corrected chi connectivity index (χ0v) is 14.2. The summed E-state index contributed by atoms with van der Waals surface area (Å²) in [6.45, 7) is 4.24. The molecule has 1 fully saturated rings. The molecule has 2 heterocycles. The second-order valence-corrected chi connectivity index (χ2v) is 6.27. The zero-order chi connectivity index (χ0) is 17.8. The number of aliphatic hydroxyl groups is 1. The van der Waals surface area contributed by atoms with Crippen LogP contribution >= 0.6 is 0 Å². The number of carbonyl (C=O) groups excluding carboxylic acids is 1. The van der Waals surface area contributed by atoms with Crippen LogP contribution < -0.4 is 0 Å². The molecule has 1 N–H and O–H groups in total. The summed E-state index contributed by atoms with van der Waals surface area (Å²) in [6, 6.07) is 9.29. The lowest BCUT2D eigenvalue weighted by molar-refractivity contribution is 0.0758. The summed E-state index contributed by atoms with van der Waals surface area (Å²) in [6.07, 6.45) is 2.89. The van der Waals surface area contributed by atoms with E-state index in [1.54, 1.807) is 17.3 Å². The van der Waals surface area contributed by atoms with Gasteiger partial charge in [0.05, 0.1) is 12.1 Å². The Balaban J connectivity index is 1.69. The van der Waals surface area contributed by atoms with Gasteiger partial charge in [-0.25, -0.2) is 4.39 Å². The molecular formula is C19H22FN3O2. The Hall–Kier alpha value is -2.31. The Kier molecular flexibility index (Phi) is 5.40. The quantitative estimate of drug-likeness (QED) is 0.901. The number of aliphatic hydroxyl groups excluding tert-OH is 1. The molecule has 6 heteroatoms. The summed E-state index contributed by atoms with van der Waals surface area (Å²) in [5, 5.41) is 10.5. The number of nitrogens with zero attached hydrogens (tertiary/aromatic N) is 3. The summed E-state index contributed by atoms with van der Waals surface area (Å²) in [4.78, 5) is 20.4. The van der Waals surface area contributed by atoms with Crippen molar-refractivity contribution in [1.29, 1.82) is 0 Å². The molecule has 0 spiro atoms. The van der Waals surface area contributed by atoms with Crippen molar-refractivity contribution in [3.05, 3.63) is 65.7 Å². The highest BCUT2D eigenvalue weighted by Crippen LogP contribution is 2.21. The molecule has 25 heavy (non-hydrogen) atoms. The maximum absolute atomic E-state index is 13.0. The molecule has 1 aliphatic rings. The van der Waals surface area contributed by atoms with Crippen molar-refractivity contribution in [3.63, 3.8) is 0 Å². The molecule has 0 unspecified atom stereocenters. The lowest BCUT2D eigenvalue weighted by atomic mass is 10.1. The number of likely N-dealkylation sites (tertiary alicyclic amines) is 1. The second-order valence-electron chi connectivity index (χ2n) is 6.27. The number of β-amino-alcohol motifs (C(OH)–C–C–N with tert-alkyl or cyclic N) is 1. The number of pyridine rings is 1. The normalized spacial score (nSPS) is 20.2. The summed E-state index contributed by atoms with van der Waals surface area (Å²) in [5.41, 5.74) is 1.55. The molecule has 1 saturated heterocycles. The molecular weight excluding hydrogens is 321 g/mol. The minimum Gasteiger partial charge on any atom is -0.390 e. The van der Waals surface area contributed by atoms with Gasteiger partial charge in [0, 0.05) is 37.6 Å². The Morgan fingerprint density at radius 1 is 1.24 bits per heavy atom. The number of aromatic nitrogens is 1. The van der Waals surface area contributed by atoms with E-state index in [9.17, 15) is 14.3 Å². The van der Waals surface area contributed by atoms with Gasteiger partial charge in [-0.1, -0.05) is 6.92 Å². The Labute approximate surface area is 146 Å². The first-order chi connectivity index (χ1) is 12.1. The standard InChI is InChI=1S/C19H22FN3O2/c1-2-22(11-14-7-9-21-10-8-14)17-12-23(13-18(17)24)19(25)15-3-5-16(20)6-4-15/h3-10,17-18,24H,2,11-13H2,1H3/t17-,18-/m1/s1. The van der Waals surface area contributed by atoms with Crippen molar-refractivity contribution >= 4 is 5.91 Å². The minimum atomic E-state index is -0.605. The van der Waals surface area contributed by atoms with Crippen LogP contribution in [0.15, 0.2) is 48.8 Å². The summed E-state index contributed by atoms with van der Waals surface area (Å²) in [7, 11) is 0. The third-order valence-electron chi connectivity index (χ3n) is 4.65. The highest BCUT2D eigenvalue weighted by molar-refractivity contribution is 5.94. The molecule has 0 bridgehead atoms. The molecule has 1 aromatic heterocycles. The van der Waals surface area contributed by atoms with Gasteiger partial charge in [-0.3, -0.25) is 14.7 Å². The van der Waals surface area contributed by atoms with Crippen LogP contribution in [-0.2, 0) is 6.54 Å². The van der Waals surface area contributed by atoms with Gasteiger partial charge in [0.1, 0.15) is 5.82 Å². The fourth-order valence-corrected chi connectivity index (χ4v) is 3.26. The lowest BCUT2D eigenvalue weighted by Gasteiger charge is -2.29. The van der Waals surface area contributed by atoms with Gasteiger partial charge in [-0.05, 0) is 48.5 Å². The predicted octanol–water partition coefficient (Wildman–Crippen LogP) is 1.93. The second kappa shape index (κ2) is 7.72. The van der Waals surface area contributed by atoms with E-state index >= 15 is 0 Å². The summed E-state index contributed by atoms with van der Waals surface area (Å²) < 4.78 is 13.0. The number of likely N-dealkylation sites (N-methyl/N-ethyl adjacent to an activating group) is 1. The molecule has 0 radical (unpaired) electrons.